The molecule has 0 heterocycles. The fourth-order valence-corrected chi connectivity index (χ4v) is 3.63. The van der Waals surface area contributed by atoms with E-state index in [2.05, 4.69) is 5.32 Å². The maximum absolute atomic E-state index is 12.7. The van der Waals surface area contributed by atoms with Crippen LogP contribution in [0.3, 0.4) is 0 Å². The van der Waals surface area contributed by atoms with Gasteiger partial charge in [0.2, 0.25) is 5.91 Å². The molecule has 0 saturated heterocycles. The first kappa shape index (κ1) is 16.9. The zero-order chi connectivity index (χ0) is 16.9. The highest BCUT2D eigenvalue weighted by atomic mass is 35.5. The average molecular weight is 356 g/mol. The van der Waals surface area contributed by atoms with Crippen LogP contribution in [0.2, 0.25) is 5.02 Å². The lowest BCUT2D eigenvalue weighted by Crippen LogP contribution is -2.24. The summed E-state index contributed by atoms with van der Waals surface area (Å²) >= 11 is 7.48. The first-order valence-electron chi connectivity index (χ1n) is 7.88. The molecule has 122 valence electrons. The number of carbonyl (C=O) groups excluding carboxylic acids is 1. The number of thioether (sulfide) groups is 1. The Kier molecular flexibility index (Phi) is 5.44. The third-order valence-electron chi connectivity index (χ3n) is 3.80. The molecule has 0 aliphatic heterocycles. The normalized spacial score (nSPS) is 12.1. The van der Waals surface area contributed by atoms with Crippen LogP contribution in [0.1, 0.15) is 13.3 Å². The van der Waals surface area contributed by atoms with Crippen LogP contribution in [-0.4, -0.2) is 11.2 Å². The highest BCUT2D eigenvalue weighted by Crippen LogP contribution is 2.29. The number of anilines is 1. The van der Waals surface area contributed by atoms with Crippen LogP contribution in [0.15, 0.2) is 71.6 Å². The van der Waals surface area contributed by atoms with Gasteiger partial charge in [0.15, 0.2) is 0 Å². The van der Waals surface area contributed by atoms with E-state index in [1.165, 1.54) is 0 Å². The average Bonchev–Trinajstić information content (AvgIpc) is 2.61. The summed E-state index contributed by atoms with van der Waals surface area (Å²) in [6.45, 7) is 2.02. The summed E-state index contributed by atoms with van der Waals surface area (Å²) in [5.41, 5.74) is 0.855. The molecular formula is C20H18ClNOS. The van der Waals surface area contributed by atoms with E-state index in [0.717, 1.165) is 27.8 Å². The molecule has 1 atom stereocenters. The van der Waals surface area contributed by atoms with E-state index in [-0.39, 0.29) is 11.2 Å². The summed E-state index contributed by atoms with van der Waals surface area (Å²) in [7, 11) is 0. The minimum atomic E-state index is -0.148. The van der Waals surface area contributed by atoms with Crippen molar-refractivity contribution < 1.29 is 4.79 Å². The number of benzene rings is 3. The van der Waals surface area contributed by atoms with E-state index in [1.807, 2.05) is 73.7 Å². The third-order valence-corrected chi connectivity index (χ3v) is 5.43. The van der Waals surface area contributed by atoms with Gasteiger partial charge in [-0.1, -0.05) is 54.9 Å². The van der Waals surface area contributed by atoms with E-state index in [4.69, 9.17) is 11.6 Å². The third kappa shape index (κ3) is 3.92. The summed E-state index contributed by atoms with van der Waals surface area (Å²) < 4.78 is 0. The van der Waals surface area contributed by atoms with Crippen molar-refractivity contribution in [1.82, 2.24) is 0 Å². The van der Waals surface area contributed by atoms with Gasteiger partial charge < -0.3 is 5.32 Å². The molecule has 0 saturated carbocycles. The van der Waals surface area contributed by atoms with Crippen molar-refractivity contribution in [3.8, 4) is 0 Å². The summed E-state index contributed by atoms with van der Waals surface area (Å²) in [6.07, 6.45) is 0.754. The lowest BCUT2D eigenvalue weighted by atomic mass is 10.1. The molecule has 1 N–H and O–H groups in total. The molecule has 0 aromatic heterocycles. The van der Waals surface area contributed by atoms with Gasteiger partial charge in [-0.05, 0) is 42.1 Å². The SMILES string of the molecule is CC[C@H](Sc1ccc(Cl)cc1)C(=O)Nc1cccc2ccccc12. The van der Waals surface area contributed by atoms with E-state index in [1.54, 1.807) is 11.8 Å². The Morgan fingerprint density at radius 2 is 1.75 bits per heavy atom. The smallest absolute Gasteiger partial charge is 0.237 e. The minimum absolute atomic E-state index is 0.0220. The van der Waals surface area contributed by atoms with Crippen LogP contribution in [0.4, 0.5) is 5.69 Å². The number of fused-ring (bicyclic) bond motifs is 1. The predicted molar refractivity (Wildman–Crippen MR) is 104 cm³/mol. The van der Waals surface area contributed by atoms with Crippen LogP contribution in [0, 0.1) is 0 Å². The number of rotatable bonds is 5. The lowest BCUT2D eigenvalue weighted by Gasteiger charge is -2.16. The maximum atomic E-state index is 12.7. The molecule has 1 amide bonds. The largest absolute Gasteiger partial charge is 0.325 e. The highest BCUT2D eigenvalue weighted by molar-refractivity contribution is 8.00. The number of carbonyl (C=O) groups is 1. The summed E-state index contributed by atoms with van der Waals surface area (Å²) in [6, 6.07) is 21.6. The van der Waals surface area contributed by atoms with E-state index >= 15 is 0 Å². The van der Waals surface area contributed by atoms with Gasteiger partial charge in [0.1, 0.15) is 0 Å². The molecular weight excluding hydrogens is 338 g/mol. The predicted octanol–water partition coefficient (Wildman–Crippen LogP) is 6.00. The molecule has 0 aliphatic carbocycles. The molecule has 0 fully saturated rings. The Morgan fingerprint density at radius 1 is 1.04 bits per heavy atom. The van der Waals surface area contributed by atoms with Crippen molar-refractivity contribution >= 4 is 45.7 Å². The fraction of sp³-hybridized carbons (Fsp3) is 0.150. The van der Waals surface area contributed by atoms with E-state index < -0.39 is 0 Å². The number of amides is 1. The number of nitrogens with one attached hydrogen (secondary N) is 1. The molecule has 24 heavy (non-hydrogen) atoms. The Labute approximate surface area is 151 Å². The van der Waals surface area contributed by atoms with Gasteiger partial charge in [0.25, 0.3) is 0 Å². The number of halogens is 1. The van der Waals surface area contributed by atoms with Crippen molar-refractivity contribution in [3.63, 3.8) is 0 Å². The van der Waals surface area contributed by atoms with Crippen molar-refractivity contribution in [3.05, 3.63) is 71.8 Å². The van der Waals surface area contributed by atoms with Gasteiger partial charge in [0.05, 0.1) is 5.25 Å². The lowest BCUT2D eigenvalue weighted by molar-refractivity contribution is -0.115. The quantitative estimate of drug-likeness (QED) is 0.568. The van der Waals surface area contributed by atoms with Crippen LogP contribution in [0.25, 0.3) is 10.8 Å². The topological polar surface area (TPSA) is 29.1 Å². The molecule has 2 nitrogen and oxygen atoms in total. The van der Waals surface area contributed by atoms with Crippen molar-refractivity contribution in [1.29, 1.82) is 0 Å². The first-order chi connectivity index (χ1) is 11.7. The van der Waals surface area contributed by atoms with Gasteiger partial charge in [-0.15, -0.1) is 11.8 Å². The fourth-order valence-electron chi connectivity index (χ4n) is 2.55. The Hall–Kier alpha value is -1.97. The van der Waals surface area contributed by atoms with Gasteiger partial charge in [-0.25, -0.2) is 0 Å². The van der Waals surface area contributed by atoms with Crippen molar-refractivity contribution in [2.45, 2.75) is 23.5 Å². The Morgan fingerprint density at radius 3 is 2.50 bits per heavy atom. The second kappa shape index (κ2) is 7.73. The van der Waals surface area contributed by atoms with Gasteiger partial charge in [-0.2, -0.15) is 0 Å². The number of hydrogen-bond donors (Lipinski definition) is 1. The molecule has 3 rings (SSSR count). The summed E-state index contributed by atoms with van der Waals surface area (Å²) in [5, 5.41) is 5.81. The molecule has 0 aliphatic rings. The van der Waals surface area contributed by atoms with E-state index in [9.17, 15) is 4.79 Å². The van der Waals surface area contributed by atoms with Gasteiger partial charge in [0, 0.05) is 21.0 Å². The van der Waals surface area contributed by atoms with Crippen molar-refractivity contribution in [2.75, 3.05) is 5.32 Å². The van der Waals surface area contributed by atoms with Gasteiger partial charge >= 0.3 is 0 Å². The molecule has 0 spiro atoms. The second-order valence-electron chi connectivity index (χ2n) is 5.48. The molecule has 0 radical (unpaired) electrons. The minimum Gasteiger partial charge on any atom is -0.325 e. The van der Waals surface area contributed by atoms with Crippen molar-refractivity contribution in [2.24, 2.45) is 0 Å². The molecule has 3 aromatic rings. The van der Waals surface area contributed by atoms with Crippen LogP contribution < -0.4 is 5.32 Å². The first-order valence-corrected chi connectivity index (χ1v) is 9.14. The zero-order valence-electron chi connectivity index (χ0n) is 13.3. The van der Waals surface area contributed by atoms with Crippen LogP contribution in [0.5, 0.6) is 0 Å². The van der Waals surface area contributed by atoms with E-state index in [0.29, 0.717) is 5.02 Å². The van der Waals surface area contributed by atoms with Crippen LogP contribution in [-0.2, 0) is 4.79 Å². The number of hydrogen-bond acceptors (Lipinski definition) is 2. The zero-order valence-corrected chi connectivity index (χ0v) is 14.9. The summed E-state index contributed by atoms with van der Waals surface area (Å²) in [4.78, 5) is 13.7. The standard InChI is InChI=1S/C20H18ClNOS/c1-2-19(24-16-12-10-15(21)11-13-16)20(23)22-18-9-5-7-14-6-3-4-8-17(14)18/h3-13,19H,2H2,1H3,(H,22,23)/t19-/m0/s1. The molecule has 0 bridgehead atoms. The molecule has 4 heteroatoms. The molecule has 3 aromatic carbocycles. The van der Waals surface area contributed by atoms with Gasteiger partial charge in [-0.3, -0.25) is 4.79 Å². The Balaban J connectivity index is 1.77. The second-order valence-corrected chi connectivity index (χ2v) is 7.20. The highest BCUT2D eigenvalue weighted by Gasteiger charge is 2.18. The Bertz CT molecular complexity index is 842. The maximum Gasteiger partial charge on any atom is 0.237 e. The molecule has 0 unspecified atom stereocenters. The summed E-state index contributed by atoms with van der Waals surface area (Å²) in [5.74, 6) is 0.0220. The monoisotopic (exact) mass is 355 g/mol. The van der Waals surface area contributed by atoms with Crippen LogP contribution >= 0.6 is 23.4 Å².